The highest BCUT2D eigenvalue weighted by atomic mass is 16.3. The predicted molar refractivity (Wildman–Crippen MR) is 80.1 cm³/mol. The average Bonchev–Trinajstić information content (AvgIpc) is 2.43. The number of aryl methyl sites for hydroxylation is 1. The molecule has 3 nitrogen and oxygen atoms in total. The van der Waals surface area contributed by atoms with Gasteiger partial charge in [-0.2, -0.15) is 0 Å². The lowest BCUT2D eigenvalue weighted by molar-refractivity contribution is 0.224. The van der Waals surface area contributed by atoms with E-state index in [0.29, 0.717) is 0 Å². The zero-order valence-corrected chi connectivity index (χ0v) is 11.4. The monoisotopic (exact) mass is 256 g/mol. The standard InChI is InChI=1S/C16H20N2O/c1-12-10-14(17)8-9-15(12)18-16(2,11-19)13-6-4-3-5-7-13/h3-10,18-19H,11,17H2,1-2H3. The van der Waals surface area contributed by atoms with Gasteiger partial charge in [-0.3, -0.25) is 0 Å². The molecule has 0 fully saturated rings. The second kappa shape index (κ2) is 5.33. The number of hydrogen-bond acceptors (Lipinski definition) is 3. The largest absolute Gasteiger partial charge is 0.399 e. The number of aliphatic hydroxyl groups is 1. The summed E-state index contributed by atoms with van der Waals surface area (Å²) in [6.07, 6.45) is 0. The van der Waals surface area contributed by atoms with Crippen molar-refractivity contribution >= 4 is 11.4 Å². The van der Waals surface area contributed by atoms with E-state index in [1.54, 1.807) is 0 Å². The maximum absolute atomic E-state index is 9.76. The maximum Gasteiger partial charge on any atom is 0.0828 e. The minimum Gasteiger partial charge on any atom is -0.399 e. The van der Waals surface area contributed by atoms with Crippen LogP contribution in [0.5, 0.6) is 0 Å². The van der Waals surface area contributed by atoms with E-state index in [4.69, 9.17) is 5.73 Å². The van der Waals surface area contributed by atoms with Crippen molar-refractivity contribution in [1.82, 2.24) is 0 Å². The first-order valence-corrected chi connectivity index (χ1v) is 6.36. The molecule has 4 N–H and O–H groups in total. The van der Waals surface area contributed by atoms with Crippen LogP contribution in [0.3, 0.4) is 0 Å². The Hall–Kier alpha value is -2.00. The molecule has 1 atom stereocenters. The summed E-state index contributed by atoms with van der Waals surface area (Å²) in [5.41, 5.74) is 9.09. The van der Waals surface area contributed by atoms with Gasteiger partial charge in [0.05, 0.1) is 12.1 Å². The summed E-state index contributed by atoms with van der Waals surface area (Å²) >= 11 is 0. The Bertz CT molecular complexity index is 554. The van der Waals surface area contributed by atoms with Crippen molar-refractivity contribution in [3.05, 3.63) is 59.7 Å². The molecule has 0 radical (unpaired) electrons. The fourth-order valence-electron chi connectivity index (χ4n) is 2.13. The first-order valence-electron chi connectivity index (χ1n) is 6.36. The zero-order valence-electron chi connectivity index (χ0n) is 11.4. The van der Waals surface area contributed by atoms with Crippen molar-refractivity contribution in [2.75, 3.05) is 17.7 Å². The van der Waals surface area contributed by atoms with Crippen LogP contribution in [0.2, 0.25) is 0 Å². The van der Waals surface area contributed by atoms with Crippen LogP contribution in [0.25, 0.3) is 0 Å². The molecule has 2 rings (SSSR count). The molecular weight excluding hydrogens is 236 g/mol. The highest BCUT2D eigenvalue weighted by Gasteiger charge is 2.25. The Morgan fingerprint density at radius 2 is 1.84 bits per heavy atom. The van der Waals surface area contributed by atoms with E-state index in [1.165, 1.54) is 0 Å². The molecule has 0 aliphatic heterocycles. The molecule has 2 aromatic rings. The Morgan fingerprint density at radius 1 is 1.16 bits per heavy atom. The van der Waals surface area contributed by atoms with Crippen LogP contribution in [-0.4, -0.2) is 11.7 Å². The third-order valence-corrected chi connectivity index (χ3v) is 3.39. The van der Waals surface area contributed by atoms with Crippen molar-refractivity contribution in [3.8, 4) is 0 Å². The van der Waals surface area contributed by atoms with Gasteiger partial charge in [0.15, 0.2) is 0 Å². The summed E-state index contributed by atoms with van der Waals surface area (Å²) in [5, 5.41) is 13.2. The van der Waals surface area contributed by atoms with Crippen molar-refractivity contribution in [2.24, 2.45) is 0 Å². The minimum absolute atomic E-state index is 0.0147. The molecule has 0 heterocycles. The molecule has 0 saturated heterocycles. The summed E-state index contributed by atoms with van der Waals surface area (Å²) in [7, 11) is 0. The summed E-state index contributed by atoms with van der Waals surface area (Å²) in [6, 6.07) is 15.7. The molecule has 3 heteroatoms. The zero-order chi connectivity index (χ0) is 13.9. The molecule has 2 aromatic carbocycles. The summed E-state index contributed by atoms with van der Waals surface area (Å²) < 4.78 is 0. The predicted octanol–water partition coefficient (Wildman–Crippen LogP) is 2.90. The lowest BCUT2D eigenvalue weighted by atomic mass is 9.92. The molecule has 0 aromatic heterocycles. The minimum atomic E-state index is -0.512. The highest BCUT2D eigenvalue weighted by Crippen LogP contribution is 2.28. The molecule has 0 spiro atoms. The van der Waals surface area contributed by atoms with Gasteiger partial charge in [-0.05, 0) is 43.2 Å². The van der Waals surface area contributed by atoms with E-state index in [2.05, 4.69) is 5.32 Å². The molecule has 0 saturated carbocycles. The van der Waals surface area contributed by atoms with Gasteiger partial charge in [0, 0.05) is 11.4 Å². The highest BCUT2D eigenvalue weighted by molar-refractivity contribution is 5.59. The van der Waals surface area contributed by atoms with E-state index in [9.17, 15) is 5.11 Å². The van der Waals surface area contributed by atoms with E-state index >= 15 is 0 Å². The van der Waals surface area contributed by atoms with Gasteiger partial charge in [-0.1, -0.05) is 30.3 Å². The topological polar surface area (TPSA) is 58.3 Å². The lowest BCUT2D eigenvalue weighted by Crippen LogP contribution is -2.36. The second-order valence-electron chi connectivity index (χ2n) is 5.06. The van der Waals surface area contributed by atoms with Crippen molar-refractivity contribution < 1.29 is 5.11 Å². The van der Waals surface area contributed by atoms with Gasteiger partial charge in [0.25, 0.3) is 0 Å². The van der Waals surface area contributed by atoms with Crippen LogP contribution in [0.15, 0.2) is 48.5 Å². The van der Waals surface area contributed by atoms with E-state index in [-0.39, 0.29) is 6.61 Å². The van der Waals surface area contributed by atoms with Crippen LogP contribution in [0.4, 0.5) is 11.4 Å². The summed E-state index contributed by atoms with van der Waals surface area (Å²) in [5.74, 6) is 0. The third-order valence-electron chi connectivity index (χ3n) is 3.39. The Balaban J connectivity index is 2.33. The normalized spacial score (nSPS) is 13.8. The average molecular weight is 256 g/mol. The van der Waals surface area contributed by atoms with Gasteiger partial charge in [-0.15, -0.1) is 0 Å². The van der Waals surface area contributed by atoms with E-state index in [1.807, 2.05) is 62.4 Å². The smallest absolute Gasteiger partial charge is 0.0828 e. The van der Waals surface area contributed by atoms with Crippen LogP contribution >= 0.6 is 0 Å². The Kier molecular flexibility index (Phi) is 3.76. The van der Waals surface area contributed by atoms with Crippen LogP contribution in [0, 0.1) is 6.92 Å². The number of nitrogen functional groups attached to an aromatic ring is 1. The summed E-state index contributed by atoms with van der Waals surface area (Å²) in [4.78, 5) is 0. The third kappa shape index (κ3) is 2.88. The number of rotatable bonds is 4. The quantitative estimate of drug-likeness (QED) is 0.737. The number of anilines is 2. The first kappa shape index (κ1) is 13.4. The molecular formula is C16H20N2O. The van der Waals surface area contributed by atoms with Crippen LogP contribution in [0.1, 0.15) is 18.1 Å². The number of benzene rings is 2. The molecule has 0 aliphatic carbocycles. The number of aliphatic hydroxyl groups excluding tert-OH is 1. The first-order chi connectivity index (χ1) is 9.05. The Labute approximate surface area is 114 Å². The van der Waals surface area contributed by atoms with Gasteiger partial charge in [-0.25, -0.2) is 0 Å². The number of nitrogens with one attached hydrogen (secondary N) is 1. The fourth-order valence-corrected chi connectivity index (χ4v) is 2.13. The van der Waals surface area contributed by atoms with Gasteiger partial charge < -0.3 is 16.2 Å². The summed E-state index contributed by atoms with van der Waals surface area (Å²) in [6.45, 7) is 4.00. The molecule has 0 amide bonds. The molecule has 100 valence electrons. The van der Waals surface area contributed by atoms with Gasteiger partial charge in [0.2, 0.25) is 0 Å². The molecule has 1 unspecified atom stereocenters. The van der Waals surface area contributed by atoms with Crippen molar-refractivity contribution in [3.63, 3.8) is 0 Å². The SMILES string of the molecule is Cc1cc(N)ccc1NC(C)(CO)c1ccccc1. The fraction of sp³-hybridized carbons (Fsp3) is 0.250. The van der Waals surface area contributed by atoms with Gasteiger partial charge in [0.1, 0.15) is 0 Å². The Morgan fingerprint density at radius 3 is 2.42 bits per heavy atom. The molecule has 0 bridgehead atoms. The van der Waals surface area contributed by atoms with E-state index < -0.39 is 5.54 Å². The van der Waals surface area contributed by atoms with Crippen molar-refractivity contribution in [1.29, 1.82) is 0 Å². The maximum atomic E-state index is 9.76. The van der Waals surface area contributed by atoms with Gasteiger partial charge >= 0.3 is 0 Å². The second-order valence-corrected chi connectivity index (χ2v) is 5.06. The van der Waals surface area contributed by atoms with Crippen LogP contribution < -0.4 is 11.1 Å². The number of hydrogen-bond donors (Lipinski definition) is 3. The number of nitrogens with two attached hydrogens (primary N) is 1. The lowest BCUT2D eigenvalue weighted by Gasteiger charge is -2.31. The van der Waals surface area contributed by atoms with Crippen LogP contribution in [-0.2, 0) is 5.54 Å². The van der Waals surface area contributed by atoms with E-state index in [0.717, 1.165) is 22.5 Å². The molecule has 19 heavy (non-hydrogen) atoms. The van der Waals surface area contributed by atoms with Crippen molar-refractivity contribution in [2.45, 2.75) is 19.4 Å². The molecule has 0 aliphatic rings.